The summed E-state index contributed by atoms with van der Waals surface area (Å²) in [7, 11) is 0. The molecule has 1 aliphatic rings. The Balaban J connectivity index is 1.92. The third-order valence-electron chi connectivity index (χ3n) is 3.74. The molecule has 1 aromatic carbocycles. The number of piperidine rings is 1. The number of Topliss-reactive ketones (excluding diaryl/α,β-unsaturated/α-hetero) is 1. The third-order valence-corrected chi connectivity index (χ3v) is 4.23. The van der Waals surface area contributed by atoms with Crippen LogP contribution >= 0.6 is 15.9 Å². The summed E-state index contributed by atoms with van der Waals surface area (Å²) in [5.41, 5.74) is 1.95. The van der Waals surface area contributed by atoms with E-state index in [0.717, 1.165) is 41.0 Å². The molecule has 0 saturated carbocycles. The van der Waals surface area contributed by atoms with E-state index in [4.69, 9.17) is 0 Å². The van der Waals surface area contributed by atoms with E-state index in [1.165, 1.54) is 12.8 Å². The van der Waals surface area contributed by atoms with Gasteiger partial charge in [0, 0.05) is 16.5 Å². The maximum Gasteiger partial charge on any atom is 0.163 e. The molecule has 0 atom stereocenters. The quantitative estimate of drug-likeness (QED) is 0.859. The molecule has 0 aromatic heterocycles. The first-order valence-electron chi connectivity index (χ1n) is 6.67. The molecule has 0 bridgehead atoms. The van der Waals surface area contributed by atoms with Gasteiger partial charge in [-0.15, -0.1) is 0 Å². The second-order valence-electron chi connectivity index (χ2n) is 5.11. The Labute approximate surface area is 117 Å². The minimum atomic E-state index is 0.285. The van der Waals surface area contributed by atoms with Crippen molar-refractivity contribution in [3.63, 3.8) is 0 Å². The molecule has 1 N–H and O–H groups in total. The maximum absolute atomic E-state index is 12.2. The predicted molar refractivity (Wildman–Crippen MR) is 78.0 cm³/mol. The molecule has 0 spiro atoms. The number of carbonyl (C=O) groups is 1. The Morgan fingerprint density at radius 1 is 1.39 bits per heavy atom. The lowest BCUT2D eigenvalue weighted by Gasteiger charge is -2.22. The highest BCUT2D eigenvalue weighted by Gasteiger charge is 2.16. The van der Waals surface area contributed by atoms with Crippen LogP contribution < -0.4 is 5.32 Å². The molecule has 0 unspecified atom stereocenters. The van der Waals surface area contributed by atoms with Crippen LogP contribution in [0.4, 0.5) is 0 Å². The molecule has 1 aliphatic heterocycles. The average Bonchev–Trinajstić information content (AvgIpc) is 2.40. The lowest BCUT2D eigenvalue weighted by molar-refractivity contribution is 0.0970. The molecule has 18 heavy (non-hydrogen) atoms. The number of benzene rings is 1. The fourth-order valence-electron chi connectivity index (χ4n) is 2.53. The highest BCUT2D eigenvalue weighted by Crippen LogP contribution is 2.22. The lowest BCUT2D eigenvalue weighted by Crippen LogP contribution is -2.28. The van der Waals surface area contributed by atoms with Gasteiger partial charge in [0.15, 0.2) is 5.78 Å². The number of ketones is 1. The van der Waals surface area contributed by atoms with Crippen molar-refractivity contribution in [3.8, 4) is 0 Å². The number of aryl methyl sites for hydroxylation is 1. The number of halogens is 1. The average molecular weight is 310 g/mol. The Morgan fingerprint density at radius 3 is 2.83 bits per heavy atom. The normalized spacial score (nSPS) is 16.8. The Morgan fingerprint density at radius 2 is 2.11 bits per heavy atom. The molecule has 0 aliphatic carbocycles. The predicted octanol–water partition coefficient (Wildman–Crippen LogP) is 3.72. The van der Waals surface area contributed by atoms with Gasteiger partial charge in [-0.25, -0.2) is 0 Å². The van der Waals surface area contributed by atoms with Crippen molar-refractivity contribution < 1.29 is 4.79 Å². The standard InChI is InChI=1S/C15H20BrNO/c1-11-2-4-13(16)10-14(11)15(18)5-3-12-6-8-17-9-7-12/h2,4,10,12,17H,3,5-9H2,1H3. The van der Waals surface area contributed by atoms with Gasteiger partial charge in [-0.1, -0.05) is 22.0 Å². The number of carbonyl (C=O) groups excluding carboxylic acids is 1. The highest BCUT2D eigenvalue weighted by atomic mass is 79.9. The van der Waals surface area contributed by atoms with Crippen LogP contribution in [0.1, 0.15) is 41.6 Å². The fourth-order valence-corrected chi connectivity index (χ4v) is 2.90. The van der Waals surface area contributed by atoms with Gasteiger partial charge >= 0.3 is 0 Å². The van der Waals surface area contributed by atoms with Crippen LogP contribution in [0.5, 0.6) is 0 Å². The van der Waals surface area contributed by atoms with Crippen molar-refractivity contribution in [2.45, 2.75) is 32.6 Å². The van der Waals surface area contributed by atoms with Crippen LogP contribution in [-0.4, -0.2) is 18.9 Å². The summed E-state index contributed by atoms with van der Waals surface area (Å²) >= 11 is 3.43. The van der Waals surface area contributed by atoms with Gasteiger partial charge in [-0.05, 0) is 62.9 Å². The Hall–Kier alpha value is -0.670. The van der Waals surface area contributed by atoms with Crippen molar-refractivity contribution in [3.05, 3.63) is 33.8 Å². The summed E-state index contributed by atoms with van der Waals surface area (Å²) in [6.45, 7) is 4.22. The Bertz CT molecular complexity index is 425. The fraction of sp³-hybridized carbons (Fsp3) is 0.533. The zero-order valence-electron chi connectivity index (χ0n) is 10.8. The zero-order valence-corrected chi connectivity index (χ0v) is 12.4. The lowest BCUT2D eigenvalue weighted by atomic mass is 9.90. The molecule has 98 valence electrons. The van der Waals surface area contributed by atoms with Crippen LogP contribution in [-0.2, 0) is 0 Å². The van der Waals surface area contributed by atoms with Gasteiger partial charge in [0.1, 0.15) is 0 Å². The topological polar surface area (TPSA) is 29.1 Å². The van der Waals surface area contributed by atoms with Gasteiger partial charge in [0.2, 0.25) is 0 Å². The second kappa shape index (κ2) is 6.48. The van der Waals surface area contributed by atoms with Crippen molar-refractivity contribution in [2.24, 2.45) is 5.92 Å². The van der Waals surface area contributed by atoms with Gasteiger partial charge in [-0.3, -0.25) is 4.79 Å². The van der Waals surface area contributed by atoms with Crippen LogP contribution in [0.25, 0.3) is 0 Å². The molecule has 3 heteroatoms. The molecule has 0 amide bonds. The van der Waals surface area contributed by atoms with Crippen LogP contribution in [0.2, 0.25) is 0 Å². The first kappa shape index (κ1) is 13.8. The van der Waals surface area contributed by atoms with Crippen LogP contribution in [0.15, 0.2) is 22.7 Å². The minimum absolute atomic E-state index is 0.285. The van der Waals surface area contributed by atoms with Crippen molar-refractivity contribution in [2.75, 3.05) is 13.1 Å². The van der Waals surface area contributed by atoms with Crippen molar-refractivity contribution in [1.29, 1.82) is 0 Å². The number of rotatable bonds is 4. The molecule has 1 saturated heterocycles. The molecule has 2 nitrogen and oxygen atoms in total. The number of hydrogen-bond donors (Lipinski definition) is 1. The molecule has 1 aromatic rings. The van der Waals surface area contributed by atoms with Crippen LogP contribution in [0.3, 0.4) is 0 Å². The Kier molecular flexibility index (Phi) is 4.95. The van der Waals surface area contributed by atoms with E-state index in [-0.39, 0.29) is 5.78 Å². The SMILES string of the molecule is Cc1ccc(Br)cc1C(=O)CCC1CCNCC1. The summed E-state index contributed by atoms with van der Waals surface area (Å²) in [5.74, 6) is 1.01. The van der Waals surface area contributed by atoms with E-state index < -0.39 is 0 Å². The molecule has 1 fully saturated rings. The zero-order chi connectivity index (χ0) is 13.0. The largest absolute Gasteiger partial charge is 0.317 e. The van der Waals surface area contributed by atoms with E-state index in [1.807, 2.05) is 25.1 Å². The van der Waals surface area contributed by atoms with Crippen molar-refractivity contribution in [1.82, 2.24) is 5.32 Å². The minimum Gasteiger partial charge on any atom is -0.317 e. The monoisotopic (exact) mass is 309 g/mol. The summed E-state index contributed by atoms with van der Waals surface area (Å²) in [6, 6.07) is 5.93. The summed E-state index contributed by atoms with van der Waals surface area (Å²) < 4.78 is 0.985. The molecule has 2 rings (SSSR count). The first-order valence-corrected chi connectivity index (χ1v) is 7.46. The molecule has 1 heterocycles. The van der Waals surface area contributed by atoms with Gasteiger partial charge in [0.05, 0.1) is 0 Å². The van der Waals surface area contributed by atoms with E-state index >= 15 is 0 Å². The van der Waals surface area contributed by atoms with E-state index in [2.05, 4.69) is 21.2 Å². The highest BCUT2D eigenvalue weighted by molar-refractivity contribution is 9.10. The number of nitrogens with one attached hydrogen (secondary N) is 1. The van der Waals surface area contributed by atoms with Gasteiger partial charge < -0.3 is 5.32 Å². The van der Waals surface area contributed by atoms with Gasteiger partial charge in [-0.2, -0.15) is 0 Å². The van der Waals surface area contributed by atoms with Crippen molar-refractivity contribution >= 4 is 21.7 Å². The summed E-state index contributed by atoms with van der Waals surface area (Å²) in [4.78, 5) is 12.2. The molecule has 0 radical (unpaired) electrons. The van der Waals surface area contributed by atoms with E-state index in [1.54, 1.807) is 0 Å². The maximum atomic E-state index is 12.2. The first-order chi connectivity index (χ1) is 8.66. The second-order valence-corrected chi connectivity index (χ2v) is 6.03. The summed E-state index contributed by atoms with van der Waals surface area (Å²) in [6.07, 6.45) is 4.14. The molecular weight excluding hydrogens is 290 g/mol. The third kappa shape index (κ3) is 3.66. The van der Waals surface area contributed by atoms with Crippen LogP contribution in [0, 0.1) is 12.8 Å². The smallest absolute Gasteiger partial charge is 0.163 e. The summed E-state index contributed by atoms with van der Waals surface area (Å²) in [5, 5.41) is 3.36. The van der Waals surface area contributed by atoms with E-state index in [9.17, 15) is 4.79 Å². The van der Waals surface area contributed by atoms with Gasteiger partial charge in [0.25, 0.3) is 0 Å². The molecular formula is C15H20BrNO. The number of hydrogen-bond acceptors (Lipinski definition) is 2. The van der Waals surface area contributed by atoms with E-state index in [0.29, 0.717) is 6.42 Å².